The van der Waals surface area contributed by atoms with E-state index in [2.05, 4.69) is 21.2 Å². The molecular formula is C12H13BrClF2NO. The number of halogens is 4. The van der Waals surface area contributed by atoms with Crippen LogP contribution in [-0.2, 0) is 0 Å². The van der Waals surface area contributed by atoms with E-state index in [1.165, 1.54) is 0 Å². The normalized spacial score (nSPS) is 11.4. The zero-order chi connectivity index (χ0) is 13.9. The highest BCUT2D eigenvalue weighted by atomic mass is 79.9. The molecule has 1 aromatic carbocycles. The van der Waals surface area contributed by atoms with Crippen molar-refractivity contribution in [2.24, 2.45) is 5.41 Å². The third kappa shape index (κ3) is 3.92. The smallest absolute Gasteiger partial charge is 0.257 e. The van der Waals surface area contributed by atoms with Gasteiger partial charge >= 0.3 is 0 Å². The number of hydrogen-bond acceptors (Lipinski definition) is 1. The topological polar surface area (TPSA) is 29.1 Å². The van der Waals surface area contributed by atoms with Crippen molar-refractivity contribution in [2.45, 2.75) is 13.8 Å². The lowest BCUT2D eigenvalue weighted by Gasteiger charge is -2.21. The molecule has 1 N–H and O–H groups in total. The van der Waals surface area contributed by atoms with Crippen LogP contribution in [0.25, 0.3) is 0 Å². The molecule has 1 aromatic rings. The molecule has 0 unspecified atom stereocenters. The van der Waals surface area contributed by atoms with Crippen LogP contribution in [0.5, 0.6) is 0 Å². The Balaban J connectivity index is 2.86. The maximum atomic E-state index is 13.5. The number of benzene rings is 1. The predicted octanol–water partition coefficient (Wildman–Crippen LogP) is 3.72. The van der Waals surface area contributed by atoms with Crippen LogP contribution >= 0.6 is 27.5 Å². The summed E-state index contributed by atoms with van der Waals surface area (Å²) < 4.78 is 27.3. The van der Waals surface area contributed by atoms with Gasteiger partial charge in [0.05, 0.1) is 0 Å². The zero-order valence-electron chi connectivity index (χ0n) is 9.99. The van der Waals surface area contributed by atoms with E-state index in [0.717, 1.165) is 12.1 Å². The highest BCUT2D eigenvalue weighted by Crippen LogP contribution is 2.20. The van der Waals surface area contributed by atoms with Crippen molar-refractivity contribution in [2.75, 3.05) is 12.4 Å². The van der Waals surface area contributed by atoms with Crippen molar-refractivity contribution in [3.8, 4) is 0 Å². The van der Waals surface area contributed by atoms with Crippen LogP contribution in [0.1, 0.15) is 24.2 Å². The van der Waals surface area contributed by atoms with Crippen LogP contribution in [-0.4, -0.2) is 18.3 Å². The molecule has 0 radical (unpaired) electrons. The summed E-state index contributed by atoms with van der Waals surface area (Å²) in [5.41, 5.74) is -0.914. The van der Waals surface area contributed by atoms with E-state index in [9.17, 15) is 13.6 Å². The second-order valence-corrected chi connectivity index (χ2v) is 5.91. The predicted molar refractivity (Wildman–Crippen MR) is 70.9 cm³/mol. The van der Waals surface area contributed by atoms with Gasteiger partial charge in [-0.05, 0) is 17.5 Å². The Morgan fingerprint density at radius 1 is 1.39 bits per heavy atom. The van der Waals surface area contributed by atoms with Crippen molar-refractivity contribution in [1.82, 2.24) is 5.32 Å². The highest BCUT2D eigenvalue weighted by molar-refractivity contribution is 9.10. The molecule has 100 valence electrons. The lowest BCUT2D eigenvalue weighted by molar-refractivity contribution is 0.0931. The van der Waals surface area contributed by atoms with Crippen LogP contribution in [0, 0.1) is 17.0 Å². The number of hydrogen-bond donors (Lipinski definition) is 1. The van der Waals surface area contributed by atoms with E-state index < -0.39 is 23.1 Å². The minimum absolute atomic E-state index is 0.240. The summed E-state index contributed by atoms with van der Waals surface area (Å²) in [7, 11) is 0. The summed E-state index contributed by atoms with van der Waals surface area (Å²) in [5.74, 6) is -2.25. The maximum absolute atomic E-state index is 13.5. The number of carbonyl (C=O) groups is 1. The first-order valence-electron chi connectivity index (χ1n) is 5.25. The van der Waals surface area contributed by atoms with Gasteiger partial charge in [0.1, 0.15) is 17.2 Å². The molecule has 0 saturated heterocycles. The lowest BCUT2D eigenvalue weighted by atomic mass is 9.96. The molecule has 0 aliphatic heterocycles. The third-order valence-electron chi connectivity index (χ3n) is 2.32. The van der Waals surface area contributed by atoms with E-state index in [-0.39, 0.29) is 16.4 Å². The van der Waals surface area contributed by atoms with Crippen LogP contribution in [0.4, 0.5) is 8.78 Å². The Morgan fingerprint density at radius 3 is 2.33 bits per heavy atom. The molecule has 0 fully saturated rings. The Labute approximate surface area is 118 Å². The van der Waals surface area contributed by atoms with Gasteiger partial charge in [-0.1, -0.05) is 29.8 Å². The van der Waals surface area contributed by atoms with Crippen LogP contribution in [0.3, 0.4) is 0 Å². The minimum Gasteiger partial charge on any atom is -0.351 e. The fourth-order valence-corrected chi connectivity index (χ4v) is 1.71. The summed E-state index contributed by atoms with van der Waals surface area (Å²) >= 11 is 8.65. The van der Waals surface area contributed by atoms with Crippen LogP contribution < -0.4 is 5.32 Å². The van der Waals surface area contributed by atoms with Gasteiger partial charge in [0, 0.05) is 16.9 Å². The largest absolute Gasteiger partial charge is 0.351 e. The quantitative estimate of drug-likeness (QED) is 0.832. The first-order chi connectivity index (χ1) is 8.26. The molecule has 0 spiro atoms. The van der Waals surface area contributed by atoms with Crippen molar-refractivity contribution >= 4 is 33.4 Å². The second kappa shape index (κ2) is 5.97. The number of nitrogens with one attached hydrogen (secondary N) is 1. The Bertz CT molecular complexity index is 442. The average Bonchev–Trinajstić information content (AvgIpc) is 2.25. The molecule has 1 rings (SSSR count). The average molecular weight is 341 g/mol. The molecule has 0 atom stereocenters. The Kier molecular flexibility index (Phi) is 5.10. The van der Waals surface area contributed by atoms with Crippen molar-refractivity contribution in [3.05, 3.63) is 33.8 Å². The van der Waals surface area contributed by atoms with E-state index in [4.69, 9.17) is 11.6 Å². The van der Waals surface area contributed by atoms with Crippen molar-refractivity contribution in [3.63, 3.8) is 0 Å². The fraction of sp³-hybridized carbons (Fsp3) is 0.417. The first-order valence-corrected chi connectivity index (χ1v) is 6.58. The molecule has 0 heterocycles. The molecule has 18 heavy (non-hydrogen) atoms. The molecule has 0 saturated carbocycles. The zero-order valence-corrected chi connectivity index (χ0v) is 12.3. The first kappa shape index (κ1) is 15.4. The van der Waals surface area contributed by atoms with E-state index in [1.807, 2.05) is 13.8 Å². The molecule has 1 amide bonds. The van der Waals surface area contributed by atoms with Crippen molar-refractivity contribution in [1.29, 1.82) is 0 Å². The SMILES string of the molecule is CC(C)(CCl)CNC(=O)c1c(F)cc(Br)cc1F. The van der Waals surface area contributed by atoms with Gasteiger partial charge in [-0.2, -0.15) is 0 Å². The van der Waals surface area contributed by atoms with Crippen molar-refractivity contribution < 1.29 is 13.6 Å². The van der Waals surface area contributed by atoms with Gasteiger partial charge in [0.25, 0.3) is 5.91 Å². The number of carbonyl (C=O) groups excluding carboxylic acids is 1. The lowest BCUT2D eigenvalue weighted by Crippen LogP contribution is -2.35. The summed E-state index contributed by atoms with van der Waals surface area (Å²) in [6, 6.07) is 2.09. The van der Waals surface area contributed by atoms with Gasteiger partial charge in [-0.25, -0.2) is 8.78 Å². The molecular weight excluding hydrogens is 327 g/mol. The second-order valence-electron chi connectivity index (χ2n) is 4.72. The molecule has 2 nitrogen and oxygen atoms in total. The van der Waals surface area contributed by atoms with Gasteiger partial charge < -0.3 is 5.32 Å². The molecule has 6 heteroatoms. The van der Waals surface area contributed by atoms with Gasteiger partial charge in [0.2, 0.25) is 0 Å². The van der Waals surface area contributed by atoms with Gasteiger partial charge in [-0.15, -0.1) is 11.6 Å². The number of alkyl halides is 1. The molecule has 0 bridgehead atoms. The Hall–Kier alpha value is -0.680. The van der Waals surface area contributed by atoms with Crippen LogP contribution in [0.15, 0.2) is 16.6 Å². The summed E-state index contributed by atoms with van der Waals surface area (Å²) in [6.45, 7) is 3.92. The molecule has 0 aromatic heterocycles. The summed E-state index contributed by atoms with van der Waals surface area (Å²) in [5, 5.41) is 2.47. The number of amides is 1. The summed E-state index contributed by atoms with van der Waals surface area (Å²) in [6.07, 6.45) is 0. The number of rotatable bonds is 4. The van der Waals surface area contributed by atoms with E-state index >= 15 is 0 Å². The molecule has 0 aliphatic rings. The highest BCUT2D eigenvalue weighted by Gasteiger charge is 2.22. The monoisotopic (exact) mass is 339 g/mol. The fourth-order valence-electron chi connectivity index (χ4n) is 1.21. The van der Waals surface area contributed by atoms with Gasteiger partial charge in [-0.3, -0.25) is 4.79 Å². The van der Waals surface area contributed by atoms with Crippen LogP contribution in [0.2, 0.25) is 0 Å². The Morgan fingerprint density at radius 2 is 1.89 bits per heavy atom. The van der Waals surface area contributed by atoms with E-state index in [1.54, 1.807) is 0 Å². The summed E-state index contributed by atoms with van der Waals surface area (Å²) in [4.78, 5) is 11.7. The minimum atomic E-state index is -0.900. The van der Waals surface area contributed by atoms with E-state index in [0.29, 0.717) is 5.88 Å². The molecule has 0 aliphatic carbocycles. The maximum Gasteiger partial charge on any atom is 0.257 e. The van der Waals surface area contributed by atoms with Gasteiger partial charge in [0.15, 0.2) is 0 Å². The standard InChI is InChI=1S/C12H13BrClF2NO/c1-12(2,5-14)6-17-11(18)10-8(15)3-7(13)4-9(10)16/h3-4H,5-6H2,1-2H3,(H,17,18). The third-order valence-corrected chi connectivity index (χ3v) is 3.50.